The quantitative estimate of drug-likeness (QED) is 0.932. The Morgan fingerprint density at radius 1 is 1.24 bits per heavy atom. The molecule has 2 aliphatic rings. The van der Waals surface area contributed by atoms with Crippen LogP contribution in [0.2, 0.25) is 5.02 Å². The van der Waals surface area contributed by atoms with Crippen molar-refractivity contribution in [2.45, 2.75) is 31.7 Å². The van der Waals surface area contributed by atoms with Crippen molar-refractivity contribution in [3.8, 4) is 0 Å². The Bertz CT molecular complexity index is 485. The number of halogens is 1. The van der Waals surface area contributed by atoms with Gasteiger partial charge in [-0.05, 0) is 30.9 Å². The minimum absolute atomic E-state index is 0.243. The average Bonchev–Trinajstić information content (AvgIpc) is 2.90. The topological polar surface area (TPSA) is 32.5 Å². The Hall–Kier alpha value is -0.770. The van der Waals surface area contributed by atoms with Crippen LogP contribution in [0.15, 0.2) is 24.3 Å². The van der Waals surface area contributed by atoms with Crippen LogP contribution in [-0.4, -0.2) is 43.2 Å². The first-order chi connectivity index (χ1) is 10.2. The molecule has 1 aliphatic heterocycles. The standard InChI is InChI=1S/C17H26ClN3/c1-14-5-4-8-17(14,13-19)21-11-9-20(10-12-21)16-7-3-2-6-15(16)18/h2-3,6-7,14H,4-5,8-13,19H2,1H3. The van der Waals surface area contributed by atoms with E-state index < -0.39 is 0 Å². The Balaban J connectivity index is 1.69. The molecular weight excluding hydrogens is 282 g/mol. The molecule has 0 spiro atoms. The van der Waals surface area contributed by atoms with E-state index in [1.54, 1.807) is 0 Å². The highest BCUT2D eigenvalue weighted by atomic mass is 35.5. The van der Waals surface area contributed by atoms with Gasteiger partial charge in [0.1, 0.15) is 0 Å². The first kappa shape index (κ1) is 15.1. The second-order valence-corrected chi connectivity index (χ2v) is 6.93. The lowest BCUT2D eigenvalue weighted by Gasteiger charge is -2.48. The van der Waals surface area contributed by atoms with Crippen molar-refractivity contribution < 1.29 is 0 Å². The van der Waals surface area contributed by atoms with Gasteiger partial charge in [-0.3, -0.25) is 4.90 Å². The van der Waals surface area contributed by atoms with E-state index in [9.17, 15) is 0 Å². The van der Waals surface area contributed by atoms with E-state index in [2.05, 4.69) is 28.9 Å². The van der Waals surface area contributed by atoms with Crippen LogP contribution in [0.1, 0.15) is 26.2 Å². The molecule has 1 aliphatic carbocycles. The summed E-state index contributed by atoms with van der Waals surface area (Å²) in [6, 6.07) is 8.15. The zero-order chi connectivity index (χ0) is 14.9. The average molecular weight is 308 g/mol. The fourth-order valence-electron chi connectivity index (χ4n) is 4.23. The summed E-state index contributed by atoms with van der Waals surface area (Å²) in [7, 11) is 0. The third-order valence-electron chi connectivity index (χ3n) is 5.62. The van der Waals surface area contributed by atoms with Crippen LogP contribution in [0.5, 0.6) is 0 Å². The molecule has 2 unspecified atom stereocenters. The lowest BCUT2D eigenvalue weighted by molar-refractivity contribution is 0.0582. The van der Waals surface area contributed by atoms with Gasteiger partial charge >= 0.3 is 0 Å². The van der Waals surface area contributed by atoms with Crippen molar-refractivity contribution in [3.05, 3.63) is 29.3 Å². The smallest absolute Gasteiger partial charge is 0.0639 e. The predicted octanol–water partition coefficient (Wildman–Crippen LogP) is 2.98. The predicted molar refractivity (Wildman–Crippen MR) is 90.0 cm³/mol. The Morgan fingerprint density at radius 3 is 2.52 bits per heavy atom. The molecule has 2 atom stereocenters. The second-order valence-electron chi connectivity index (χ2n) is 6.53. The summed E-state index contributed by atoms with van der Waals surface area (Å²) in [5.74, 6) is 0.717. The SMILES string of the molecule is CC1CCCC1(CN)N1CCN(c2ccccc2Cl)CC1. The first-order valence-electron chi connectivity index (χ1n) is 8.12. The van der Waals surface area contributed by atoms with Crippen molar-refractivity contribution in [3.63, 3.8) is 0 Å². The van der Waals surface area contributed by atoms with Crippen molar-refractivity contribution in [2.24, 2.45) is 11.7 Å². The molecule has 3 rings (SSSR count). The van der Waals surface area contributed by atoms with E-state index in [1.165, 1.54) is 24.9 Å². The van der Waals surface area contributed by atoms with Crippen LogP contribution in [0.3, 0.4) is 0 Å². The summed E-state index contributed by atoms with van der Waals surface area (Å²) < 4.78 is 0. The molecule has 3 nitrogen and oxygen atoms in total. The largest absolute Gasteiger partial charge is 0.368 e. The van der Waals surface area contributed by atoms with Gasteiger partial charge in [-0.25, -0.2) is 0 Å². The van der Waals surface area contributed by atoms with Crippen molar-refractivity contribution in [2.75, 3.05) is 37.6 Å². The second kappa shape index (κ2) is 6.15. The summed E-state index contributed by atoms with van der Waals surface area (Å²) in [5, 5.41) is 0.855. The van der Waals surface area contributed by atoms with Crippen molar-refractivity contribution in [1.29, 1.82) is 0 Å². The molecule has 21 heavy (non-hydrogen) atoms. The van der Waals surface area contributed by atoms with Gasteiger partial charge in [0.2, 0.25) is 0 Å². The zero-order valence-electron chi connectivity index (χ0n) is 12.9. The first-order valence-corrected chi connectivity index (χ1v) is 8.50. The Morgan fingerprint density at radius 2 is 1.95 bits per heavy atom. The minimum atomic E-state index is 0.243. The van der Waals surface area contributed by atoms with Gasteiger partial charge in [-0.1, -0.05) is 37.1 Å². The lowest BCUT2D eigenvalue weighted by Crippen LogP contribution is -2.61. The van der Waals surface area contributed by atoms with Gasteiger partial charge in [0, 0.05) is 38.3 Å². The summed E-state index contributed by atoms with van der Waals surface area (Å²) >= 11 is 6.32. The maximum absolute atomic E-state index is 6.32. The summed E-state index contributed by atoms with van der Waals surface area (Å²) in [6.07, 6.45) is 3.90. The van der Waals surface area contributed by atoms with Gasteiger partial charge in [-0.2, -0.15) is 0 Å². The molecule has 2 N–H and O–H groups in total. The van der Waals surface area contributed by atoms with Crippen molar-refractivity contribution in [1.82, 2.24) is 4.90 Å². The molecule has 1 heterocycles. The van der Waals surface area contributed by atoms with Crippen LogP contribution < -0.4 is 10.6 Å². The fourth-order valence-corrected chi connectivity index (χ4v) is 4.49. The number of rotatable bonds is 3. The molecule has 116 valence electrons. The van der Waals surface area contributed by atoms with Crippen molar-refractivity contribution >= 4 is 17.3 Å². The highest BCUT2D eigenvalue weighted by molar-refractivity contribution is 6.33. The summed E-state index contributed by atoms with van der Waals surface area (Å²) in [4.78, 5) is 5.06. The third-order valence-corrected chi connectivity index (χ3v) is 5.94. The van der Waals surface area contributed by atoms with Gasteiger partial charge < -0.3 is 10.6 Å². The van der Waals surface area contributed by atoms with Crippen LogP contribution in [0, 0.1) is 5.92 Å². The number of hydrogen-bond acceptors (Lipinski definition) is 3. The van der Waals surface area contributed by atoms with Crippen LogP contribution in [0.25, 0.3) is 0 Å². The fraction of sp³-hybridized carbons (Fsp3) is 0.647. The van der Waals surface area contributed by atoms with Gasteiger partial charge in [0.15, 0.2) is 0 Å². The van der Waals surface area contributed by atoms with E-state index in [-0.39, 0.29) is 5.54 Å². The Kier molecular flexibility index (Phi) is 4.43. The molecule has 1 aromatic carbocycles. The number of hydrogen-bond donors (Lipinski definition) is 1. The van der Waals surface area contributed by atoms with Crippen LogP contribution >= 0.6 is 11.6 Å². The molecule has 1 saturated carbocycles. The molecule has 0 amide bonds. The number of anilines is 1. The molecule has 0 radical (unpaired) electrons. The van der Waals surface area contributed by atoms with E-state index in [0.717, 1.165) is 43.7 Å². The van der Waals surface area contributed by atoms with Gasteiger partial charge in [0.25, 0.3) is 0 Å². The molecular formula is C17H26ClN3. The monoisotopic (exact) mass is 307 g/mol. The minimum Gasteiger partial charge on any atom is -0.368 e. The molecule has 0 bridgehead atoms. The lowest BCUT2D eigenvalue weighted by atomic mass is 9.85. The molecule has 1 saturated heterocycles. The van der Waals surface area contributed by atoms with E-state index in [1.807, 2.05) is 12.1 Å². The number of nitrogens with two attached hydrogens (primary N) is 1. The van der Waals surface area contributed by atoms with E-state index in [0.29, 0.717) is 0 Å². The summed E-state index contributed by atoms with van der Waals surface area (Å²) in [6.45, 7) is 7.43. The third kappa shape index (κ3) is 2.67. The van der Waals surface area contributed by atoms with Crippen LogP contribution in [0.4, 0.5) is 5.69 Å². The summed E-state index contributed by atoms with van der Waals surface area (Å²) in [5.41, 5.74) is 7.59. The normalized spacial score (nSPS) is 30.8. The Labute approximate surface area is 133 Å². The number of piperazine rings is 1. The number of nitrogens with zero attached hydrogens (tertiary/aromatic N) is 2. The van der Waals surface area contributed by atoms with E-state index in [4.69, 9.17) is 17.3 Å². The molecule has 0 aromatic heterocycles. The maximum Gasteiger partial charge on any atom is 0.0639 e. The number of benzene rings is 1. The van der Waals surface area contributed by atoms with Crippen LogP contribution in [-0.2, 0) is 0 Å². The number of para-hydroxylation sites is 1. The van der Waals surface area contributed by atoms with E-state index >= 15 is 0 Å². The molecule has 1 aromatic rings. The van der Waals surface area contributed by atoms with Gasteiger partial charge in [-0.15, -0.1) is 0 Å². The highest BCUT2D eigenvalue weighted by Crippen LogP contribution is 2.40. The highest BCUT2D eigenvalue weighted by Gasteiger charge is 2.44. The van der Waals surface area contributed by atoms with Gasteiger partial charge in [0.05, 0.1) is 10.7 Å². The maximum atomic E-state index is 6.32. The molecule has 4 heteroatoms. The zero-order valence-corrected chi connectivity index (χ0v) is 13.6. The molecule has 2 fully saturated rings.